The Balaban J connectivity index is 1.82. The Labute approximate surface area is 160 Å². The summed E-state index contributed by atoms with van der Waals surface area (Å²) in [7, 11) is 1.57. The third-order valence-corrected chi connectivity index (χ3v) is 3.86. The smallest absolute Gasteiger partial charge is 0.270 e. The number of rotatable bonds is 5. The van der Waals surface area contributed by atoms with Crippen LogP contribution in [0.5, 0.6) is 0 Å². The average Bonchev–Trinajstić information content (AvgIpc) is 2.74. The van der Waals surface area contributed by atoms with E-state index < -0.39 is 5.56 Å². The van der Waals surface area contributed by atoms with E-state index in [1.165, 1.54) is 6.21 Å². The molecule has 0 fully saturated rings. The number of nitriles is 1. The number of H-pyrrole nitrogens is 1. The Morgan fingerprint density at radius 1 is 1.18 bits per heavy atom. The number of benzene rings is 2. The van der Waals surface area contributed by atoms with Gasteiger partial charge in [0.05, 0.1) is 11.9 Å². The van der Waals surface area contributed by atoms with Crippen LogP contribution in [0.25, 0.3) is 11.3 Å². The first-order chi connectivity index (χ1) is 13.6. The van der Waals surface area contributed by atoms with E-state index in [9.17, 15) is 14.9 Å². The average molecular weight is 372 g/mol. The Morgan fingerprint density at radius 2 is 1.89 bits per heavy atom. The molecule has 0 saturated carbocycles. The van der Waals surface area contributed by atoms with Crippen LogP contribution in [0, 0.1) is 11.3 Å². The largest absolute Gasteiger partial charge is 0.355 e. The molecule has 0 atom stereocenters. The van der Waals surface area contributed by atoms with Gasteiger partial charge in [-0.05, 0) is 17.7 Å². The van der Waals surface area contributed by atoms with Gasteiger partial charge in [-0.25, -0.2) is 10.4 Å². The van der Waals surface area contributed by atoms with Crippen molar-refractivity contribution in [2.75, 3.05) is 12.5 Å². The highest BCUT2D eigenvalue weighted by atomic mass is 16.1. The Hall–Kier alpha value is -4.25. The second kappa shape index (κ2) is 8.42. The highest BCUT2D eigenvalue weighted by Crippen LogP contribution is 2.19. The van der Waals surface area contributed by atoms with Crippen LogP contribution in [0.3, 0.4) is 0 Å². The molecular weight excluding hydrogens is 356 g/mol. The van der Waals surface area contributed by atoms with Crippen molar-refractivity contribution >= 4 is 18.1 Å². The molecule has 0 aliphatic heterocycles. The maximum absolute atomic E-state index is 12.2. The lowest BCUT2D eigenvalue weighted by Crippen LogP contribution is -2.17. The standard InChI is InChI=1S/C20H16N6O2/c1-22-18(27)15-9-7-13(8-10-15)12-23-26-20-24-17(14-5-3-2-4-6-14)16(11-21)19(28)25-20/h2-10,12H,1H3,(H,22,27)(H2,24,25,26,28). The molecule has 1 amide bonds. The minimum absolute atomic E-state index is 0.0643. The van der Waals surface area contributed by atoms with Crippen molar-refractivity contribution in [3.05, 3.63) is 81.6 Å². The molecule has 0 saturated heterocycles. The van der Waals surface area contributed by atoms with E-state index in [1.807, 2.05) is 12.1 Å². The predicted octanol–water partition coefficient (Wildman–Crippen LogP) is 2.11. The van der Waals surface area contributed by atoms with Crippen molar-refractivity contribution in [2.24, 2.45) is 5.10 Å². The van der Waals surface area contributed by atoms with Crippen LogP contribution in [0.15, 0.2) is 64.5 Å². The zero-order chi connectivity index (χ0) is 19.9. The van der Waals surface area contributed by atoms with Crippen molar-refractivity contribution in [1.82, 2.24) is 15.3 Å². The van der Waals surface area contributed by atoms with Crippen LogP contribution < -0.4 is 16.3 Å². The minimum Gasteiger partial charge on any atom is -0.355 e. The topological polar surface area (TPSA) is 123 Å². The van der Waals surface area contributed by atoms with Crippen LogP contribution >= 0.6 is 0 Å². The molecule has 0 aliphatic carbocycles. The second-order valence-corrected chi connectivity index (χ2v) is 5.69. The normalized spacial score (nSPS) is 10.4. The van der Waals surface area contributed by atoms with Crippen molar-refractivity contribution in [3.63, 3.8) is 0 Å². The summed E-state index contributed by atoms with van der Waals surface area (Å²) in [5, 5.41) is 15.9. The first-order valence-electron chi connectivity index (χ1n) is 8.33. The molecule has 0 radical (unpaired) electrons. The quantitative estimate of drug-likeness (QED) is 0.467. The van der Waals surface area contributed by atoms with Gasteiger partial charge in [0.2, 0.25) is 5.95 Å². The van der Waals surface area contributed by atoms with Gasteiger partial charge >= 0.3 is 0 Å². The Morgan fingerprint density at radius 3 is 2.54 bits per heavy atom. The fourth-order valence-electron chi connectivity index (χ4n) is 2.47. The van der Waals surface area contributed by atoms with Gasteiger partial charge in [-0.2, -0.15) is 10.4 Å². The van der Waals surface area contributed by atoms with Gasteiger partial charge in [0, 0.05) is 18.2 Å². The van der Waals surface area contributed by atoms with E-state index in [-0.39, 0.29) is 23.1 Å². The Kier molecular flexibility index (Phi) is 5.58. The van der Waals surface area contributed by atoms with Crippen LogP contribution in [0.4, 0.5) is 5.95 Å². The number of hydrogen-bond acceptors (Lipinski definition) is 6. The number of anilines is 1. The first-order valence-corrected chi connectivity index (χ1v) is 8.33. The zero-order valence-electron chi connectivity index (χ0n) is 14.9. The molecule has 0 aliphatic rings. The molecule has 3 N–H and O–H groups in total. The summed E-state index contributed by atoms with van der Waals surface area (Å²) in [4.78, 5) is 30.5. The number of aromatic amines is 1. The molecule has 0 spiro atoms. The summed E-state index contributed by atoms with van der Waals surface area (Å²) < 4.78 is 0. The fourth-order valence-corrected chi connectivity index (χ4v) is 2.47. The zero-order valence-corrected chi connectivity index (χ0v) is 14.9. The number of nitrogens with one attached hydrogen (secondary N) is 3. The summed E-state index contributed by atoms with van der Waals surface area (Å²) in [5.74, 6) is -0.0597. The molecule has 2 aromatic carbocycles. The van der Waals surface area contributed by atoms with Crippen molar-refractivity contribution in [2.45, 2.75) is 0 Å². The van der Waals surface area contributed by atoms with Gasteiger partial charge in [-0.1, -0.05) is 42.5 Å². The van der Waals surface area contributed by atoms with Crippen LogP contribution in [0.2, 0.25) is 0 Å². The Bertz CT molecular complexity index is 1110. The predicted molar refractivity (Wildman–Crippen MR) is 106 cm³/mol. The maximum atomic E-state index is 12.2. The lowest BCUT2D eigenvalue weighted by atomic mass is 10.1. The summed E-state index contributed by atoms with van der Waals surface area (Å²) in [6.45, 7) is 0. The van der Waals surface area contributed by atoms with E-state index in [0.717, 1.165) is 5.56 Å². The molecule has 8 heteroatoms. The number of carbonyl (C=O) groups excluding carboxylic acids is 1. The summed E-state index contributed by atoms with van der Waals surface area (Å²) >= 11 is 0. The van der Waals surface area contributed by atoms with E-state index in [1.54, 1.807) is 55.6 Å². The third kappa shape index (κ3) is 4.11. The summed E-state index contributed by atoms with van der Waals surface area (Å²) in [5.41, 5.74) is 4.26. The number of nitrogens with zero attached hydrogens (tertiary/aromatic N) is 3. The molecule has 28 heavy (non-hydrogen) atoms. The highest BCUT2D eigenvalue weighted by molar-refractivity contribution is 5.94. The molecule has 8 nitrogen and oxygen atoms in total. The number of hydrazone groups is 1. The fraction of sp³-hybridized carbons (Fsp3) is 0.0500. The first kappa shape index (κ1) is 18.5. The summed E-state index contributed by atoms with van der Waals surface area (Å²) in [6, 6.07) is 17.7. The van der Waals surface area contributed by atoms with Gasteiger partial charge in [-0.15, -0.1) is 0 Å². The molecule has 3 rings (SSSR count). The van der Waals surface area contributed by atoms with E-state index in [0.29, 0.717) is 11.1 Å². The lowest BCUT2D eigenvalue weighted by Gasteiger charge is -2.06. The SMILES string of the molecule is CNC(=O)c1ccc(C=NNc2nc(-c3ccccc3)c(C#N)c(=O)[nH]2)cc1. The van der Waals surface area contributed by atoms with Crippen molar-refractivity contribution in [1.29, 1.82) is 5.26 Å². The molecule has 0 bridgehead atoms. The van der Waals surface area contributed by atoms with E-state index in [2.05, 4.69) is 25.8 Å². The summed E-state index contributed by atoms with van der Waals surface area (Å²) in [6.07, 6.45) is 1.52. The van der Waals surface area contributed by atoms with Gasteiger partial charge in [0.1, 0.15) is 11.6 Å². The van der Waals surface area contributed by atoms with Gasteiger partial charge in [0.25, 0.3) is 11.5 Å². The minimum atomic E-state index is -0.552. The molecule has 138 valence electrons. The van der Waals surface area contributed by atoms with Gasteiger partial charge < -0.3 is 5.32 Å². The maximum Gasteiger partial charge on any atom is 0.270 e. The number of amides is 1. The molecule has 3 aromatic rings. The third-order valence-electron chi connectivity index (χ3n) is 3.86. The number of hydrogen-bond donors (Lipinski definition) is 3. The highest BCUT2D eigenvalue weighted by Gasteiger charge is 2.12. The van der Waals surface area contributed by atoms with E-state index in [4.69, 9.17) is 0 Å². The van der Waals surface area contributed by atoms with Crippen LogP contribution in [0.1, 0.15) is 21.5 Å². The van der Waals surface area contributed by atoms with Crippen LogP contribution in [-0.2, 0) is 0 Å². The van der Waals surface area contributed by atoms with E-state index >= 15 is 0 Å². The van der Waals surface area contributed by atoms with Crippen molar-refractivity contribution in [3.8, 4) is 17.3 Å². The van der Waals surface area contributed by atoms with Gasteiger partial charge in [0.15, 0.2) is 0 Å². The second-order valence-electron chi connectivity index (χ2n) is 5.69. The monoisotopic (exact) mass is 372 g/mol. The molecule has 0 unspecified atom stereocenters. The number of aromatic nitrogens is 2. The van der Waals surface area contributed by atoms with Crippen molar-refractivity contribution < 1.29 is 4.79 Å². The molecular formula is C20H16N6O2. The molecule has 1 aromatic heterocycles. The lowest BCUT2D eigenvalue weighted by molar-refractivity contribution is 0.0963. The van der Waals surface area contributed by atoms with Crippen LogP contribution in [-0.4, -0.2) is 29.1 Å². The number of carbonyl (C=O) groups is 1. The molecule has 1 heterocycles. The van der Waals surface area contributed by atoms with Gasteiger partial charge in [-0.3, -0.25) is 14.6 Å².